The standard InChI is InChI=1S/C15H22FNO/c1-11(17)13-6-7-15(14(16)10-13)18-9-8-12-4-2-3-5-12/h6-7,10-12H,2-5,8-9,17H2,1H3/t11-/m1/s1. The summed E-state index contributed by atoms with van der Waals surface area (Å²) in [5.74, 6) is 0.810. The Morgan fingerprint density at radius 2 is 2.11 bits per heavy atom. The van der Waals surface area contributed by atoms with Crippen molar-refractivity contribution in [3.8, 4) is 5.75 Å². The summed E-state index contributed by atoms with van der Waals surface area (Å²) in [5, 5.41) is 0. The number of nitrogens with two attached hydrogens (primary N) is 1. The van der Waals surface area contributed by atoms with Crippen LogP contribution in [0.1, 0.15) is 50.6 Å². The van der Waals surface area contributed by atoms with Crippen LogP contribution in [0.2, 0.25) is 0 Å². The third-order valence-corrected chi connectivity index (χ3v) is 3.74. The van der Waals surface area contributed by atoms with Gasteiger partial charge in [0.05, 0.1) is 6.61 Å². The van der Waals surface area contributed by atoms with Gasteiger partial charge in [-0.15, -0.1) is 0 Å². The maximum atomic E-state index is 13.7. The third-order valence-electron chi connectivity index (χ3n) is 3.74. The molecule has 0 aromatic heterocycles. The molecule has 0 saturated heterocycles. The second kappa shape index (κ2) is 6.19. The Bertz CT molecular complexity index is 386. The summed E-state index contributed by atoms with van der Waals surface area (Å²) in [4.78, 5) is 0. The molecule has 1 aromatic carbocycles. The van der Waals surface area contributed by atoms with E-state index in [9.17, 15) is 4.39 Å². The number of rotatable bonds is 5. The summed E-state index contributed by atoms with van der Waals surface area (Å²) in [7, 11) is 0. The molecule has 0 spiro atoms. The van der Waals surface area contributed by atoms with Crippen LogP contribution in [0.25, 0.3) is 0 Å². The molecule has 0 radical (unpaired) electrons. The molecule has 2 nitrogen and oxygen atoms in total. The van der Waals surface area contributed by atoms with Gasteiger partial charge in [0.2, 0.25) is 0 Å². The second-order valence-electron chi connectivity index (χ2n) is 5.27. The highest BCUT2D eigenvalue weighted by molar-refractivity contribution is 5.30. The minimum absolute atomic E-state index is 0.146. The van der Waals surface area contributed by atoms with Crippen LogP contribution in [0.4, 0.5) is 4.39 Å². The van der Waals surface area contributed by atoms with Crippen molar-refractivity contribution < 1.29 is 9.13 Å². The second-order valence-corrected chi connectivity index (χ2v) is 5.27. The molecule has 2 rings (SSSR count). The van der Waals surface area contributed by atoms with Crippen LogP contribution in [0.5, 0.6) is 5.75 Å². The fraction of sp³-hybridized carbons (Fsp3) is 0.600. The normalized spacial score (nSPS) is 17.9. The fourth-order valence-corrected chi connectivity index (χ4v) is 2.55. The van der Waals surface area contributed by atoms with Crippen LogP contribution in [-0.2, 0) is 0 Å². The van der Waals surface area contributed by atoms with E-state index in [1.54, 1.807) is 6.07 Å². The molecule has 2 N–H and O–H groups in total. The third kappa shape index (κ3) is 3.45. The average Bonchev–Trinajstić information content (AvgIpc) is 2.84. The Kier molecular flexibility index (Phi) is 4.59. The van der Waals surface area contributed by atoms with E-state index >= 15 is 0 Å². The van der Waals surface area contributed by atoms with Crippen LogP contribution in [0, 0.1) is 11.7 Å². The molecule has 1 aliphatic rings. The van der Waals surface area contributed by atoms with Crippen LogP contribution in [-0.4, -0.2) is 6.61 Å². The number of hydrogen-bond donors (Lipinski definition) is 1. The van der Waals surface area contributed by atoms with Gasteiger partial charge in [0, 0.05) is 6.04 Å². The minimum Gasteiger partial charge on any atom is -0.491 e. The molecular weight excluding hydrogens is 229 g/mol. The van der Waals surface area contributed by atoms with Crippen LogP contribution < -0.4 is 10.5 Å². The molecule has 0 bridgehead atoms. The lowest BCUT2D eigenvalue weighted by Crippen LogP contribution is -2.07. The van der Waals surface area contributed by atoms with E-state index in [2.05, 4.69) is 0 Å². The zero-order valence-electron chi connectivity index (χ0n) is 11.0. The molecule has 100 valence electrons. The monoisotopic (exact) mass is 251 g/mol. The molecule has 18 heavy (non-hydrogen) atoms. The Labute approximate surface area is 108 Å². The van der Waals surface area contributed by atoms with Gasteiger partial charge in [0.15, 0.2) is 11.6 Å². The first kappa shape index (κ1) is 13.3. The highest BCUT2D eigenvalue weighted by Crippen LogP contribution is 2.28. The molecule has 3 heteroatoms. The van der Waals surface area contributed by atoms with Gasteiger partial charge in [-0.25, -0.2) is 4.39 Å². The van der Waals surface area contributed by atoms with E-state index in [-0.39, 0.29) is 11.9 Å². The first-order valence-corrected chi connectivity index (χ1v) is 6.84. The summed E-state index contributed by atoms with van der Waals surface area (Å²) in [6.45, 7) is 2.45. The molecule has 1 aromatic rings. The molecule has 1 atom stereocenters. The lowest BCUT2D eigenvalue weighted by Gasteiger charge is -2.12. The number of hydrogen-bond acceptors (Lipinski definition) is 2. The predicted molar refractivity (Wildman–Crippen MR) is 71.1 cm³/mol. The quantitative estimate of drug-likeness (QED) is 0.863. The van der Waals surface area contributed by atoms with Gasteiger partial charge in [-0.1, -0.05) is 31.7 Å². The first-order valence-electron chi connectivity index (χ1n) is 6.84. The number of ether oxygens (including phenoxy) is 1. The van der Waals surface area contributed by atoms with Gasteiger partial charge in [-0.3, -0.25) is 0 Å². The lowest BCUT2D eigenvalue weighted by atomic mass is 10.1. The molecule has 1 saturated carbocycles. The summed E-state index contributed by atoms with van der Waals surface area (Å²) in [6.07, 6.45) is 6.31. The van der Waals surface area contributed by atoms with Crippen molar-refractivity contribution in [2.24, 2.45) is 11.7 Å². The van der Waals surface area contributed by atoms with Crippen LogP contribution >= 0.6 is 0 Å². The zero-order chi connectivity index (χ0) is 13.0. The number of halogens is 1. The molecular formula is C15H22FNO. The summed E-state index contributed by atoms with van der Waals surface area (Å²) >= 11 is 0. The molecule has 0 amide bonds. The predicted octanol–water partition coefficient (Wildman–Crippen LogP) is 3.80. The summed E-state index contributed by atoms with van der Waals surface area (Å²) < 4.78 is 19.2. The van der Waals surface area contributed by atoms with Gasteiger partial charge in [0.25, 0.3) is 0 Å². The van der Waals surface area contributed by atoms with Gasteiger partial charge < -0.3 is 10.5 Å². The topological polar surface area (TPSA) is 35.2 Å². The Hall–Kier alpha value is -1.09. The first-order chi connectivity index (χ1) is 8.66. The Balaban J connectivity index is 1.85. The zero-order valence-corrected chi connectivity index (χ0v) is 11.0. The van der Waals surface area contributed by atoms with Gasteiger partial charge in [-0.05, 0) is 37.0 Å². The molecule has 0 heterocycles. The molecule has 1 aliphatic carbocycles. The minimum atomic E-state index is -0.309. The maximum absolute atomic E-state index is 13.7. The largest absolute Gasteiger partial charge is 0.491 e. The van der Waals surface area contributed by atoms with E-state index in [0.29, 0.717) is 12.4 Å². The van der Waals surface area contributed by atoms with Crippen LogP contribution in [0.3, 0.4) is 0 Å². The smallest absolute Gasteiger partial charge is 0.165 e. The SMILES string of the molecule is C[C@@H](N)c1ccc(OCCC2CCCC2)c(F)c1. The summed E-state index contributed by atoms with van der Waals surface area (Å²) in [6, 6.07) is 4.84. The Morgan fingerprint density at radius 1 is 1.39 bits per heavy atom. The highest BCUT2D eigenvalue weighted by Gasteiger charge is 2.15. The van der Waals surface area contributed by atoms with Gasteiger partial charge >= 0.3 is 0 Å². The Morgan fingerprint density at radius 3 is 2.72 bits per heavy atom. The van der Waals surface area contributed by atoms with E-state index in [0.717, 1.165) is 17.9 Å². The van der Waals surface area contributed by atoms with Gasteiger partial charge in [-0.2, -0.15) is 0 Å². The average molecular weight is 251 g/mol. The van der Waals surface area contributed by atoms with Crippen molar-refractivity contribution in [3.63, 3.8) is 0 Å². The van der Waals surface area contributed by atoms with E-state index in [4.69, 9.17) is 10.5 Å². The van der Waals surface area contributed by atoms with Crippen molar-refractivity contribution in [1.29, 1.82) is 0 Å². The van der Waals surface area contributed by atoms with Gasteiger partial charge in [0.1, 0.15) is 0 Å². The molecule has 0 unspecified atom stereocenters. The van der Waals surface area contributed by atoms with Crippen molar-refractivity contribution in [3.05, 3.63) is 29.6 Å². The summed E-state index contributed by atoms with van der Waals surface area (Å²) in [5.41, 5.74) is 6.51. The van der Waals surface area contributed by atoms with Crippen molar-refractivity contribution in [2.75, 3.05) is 6.61 Å². The number of benzene rings is 1. The van der Waals surface area contributed by atoms with Crippen molar-refractivity contribution in [1.82, 2.24) is 0 Å². The maximum Gasteiger partial charge on any atom is 0.165 e. The molecule has 1 fully saturated rings. The molecule has 0 aliphatic heterocycles. The highest BCUT2D eigenvalue weighted by atomic mass is 19.1. The van der Waals surface area contributed by atoms with Crippen molar-refractivity contribution in [2.45, 2.75) is 45.1 Å². The van der Waals surface area contributed by atoms with Crippen LogP contribution in [0.15, 0.2) is 18.2 Å². The fourth-order valence-electron chi connectivity index (χ4n) is 2.55. The van der Waals surface area contributed by atoms with E-state index in [1.807, 2.05) is 13.0 Å². The lowest BCUT2D eigenvalue weighted by molar-refractivity contribution is 0.267. The van der Waals surface area contributed by atoms with E-state index < -0.39 is 0 Å². The van der Waals surface area contributed by atoms with Crippen molar-refractivity contribution >= 4 is 0 Å². The van der Waals surface area contributed by atoms with E-state index in [1.165, 1.54) is 31.7 Å².